The summed E-state index contributed by atoms with van der Waals surface area (Å²) in [4.78, 5) is 16.2. The van der Waals surface area contributed by atoms with E-state index in [4.69, 9.17) is 4.52 Å². The van der Waals surface area contributed by atoms with Crippen LogP contribution >= 0.6 is 0 Å². The van der Waals surface area contributed by atoms with Gasteiger partial charge in [-0.25, -0.2) is 0 Å². The third-order valence-corrected chi connectivity index (χ3v) is 4.13. The molecule has 1 fully saturated rings. The van der Waals surface area contributed by atoms with Gasteiger partial charge in [-0.3, -0.25) is 4.79 Å². The molecule has 2 aromatic rings. The summed E-state index contributed by atoms with van der Waals surface area (Å²) in [6.07, 6.45) is 5.47. The molecule has 1 aromatic heterocycles. The van der Waals surface area contributed by atoms with Gasteiger partial charge in [0, 0.05) is 12.0 Å². The lowest BCUT2D eigenvalue weighted by Crippen LogP contribution is -2.25. The van der Waals surface area contributed by atoms with Gasteiger partial charge in [-0.2, -0.15) is 4.98 Å². The minimum Gasteiger partial charge on any atom is -0.349 e. The van der Waals surface area contributed by atoms with Crippen molar-refractivity contribution in [1.29, 1.82) is 0 Å². The van der Waals surface area contributed by atoms with Crippen LogP contribution in [0.15, 0.2) is 28.8 Å². The van der Waals surface area contributed by atoms with Crippen molar-refractivity contribution in [2.24, 2.45) is 5.92 Å². The molecule has 1 saturated carbocycles. The number of nitrogens with zero attached hydrogens (tertiary/aromatic N) is 2. The monoisotopic (exact) mass is 299 g/mol. The second-order valence-electron chi connectivity index (χ2n) is 6.02. The van der Waals surface area contributed by atoms with E-state index in [1.807, 2.05) is 31.2 Å². The number of carbonyl (C=O) groups is 1. The maximum absolute atomic E-state index is 11.9. The van der Waals surface area contributed by atoms with Crippen molar-refractivity contribution in [2.45, 2.75) is 45.6 Å². The van der Waals surface area contributed by atoms with E-state index in [0.29, 0.717) is 30.6 Å². The van der Waals surface area contributed by atoms with Crippen LogP contribution in [-0.2, 0) is 11.3 Å². The lowest BCUT2D eigenvalue weighted by molar-refractivity contribution is -0.122. The number of carbonyl (C=O) groups excluding carboxylic acids is 1. The molecule has 0 radical (unpaired) electrons. The Hall–Kier alpha value is -2.17. The zero-order valence-corrected chi connectivity index (χ0v) is 12.8. The van der Waals surface area contributed by atoms with Crippen LogP contribution in [0.3, 0.4) is 0 Å². The molecule has 1 heterocycles. The summed E-state index contributed by atoms with van der Waals surface area (Å²) in [6.45, 7) is 2.34. The molecule has 0 aliphatic heterocycles. The third-order valence-electron chi connectivity index (χ3n) is 4.13. The first-order chi connectivity index (χ1) is 10.7. The molecule has 0 atom stereocenters. The molecule has 3 rings (SSSR count). The molecule has 5 nitrogen and oxygen atoms in total. The molecule has 1 aliphatic rings. The van der Waals surface area contributed by atoms with Gasteiger partial charge in [0.05, 0.1) is 6.54 Å². The number of aryl methyl sites for hydroxylation is 1. The first-order valence-electron chi connectivity index (χ1n) is 7.87. The summed E-state index contributed by atoms with van der Waals surface area (Å²) < 4.78 is 5.26. The van der Waals surface area contributed by atoms with Crippen LogP contribution in [-0.4, -0.2) is 16.0 Å². The fourth-order valence-electron chi connectivity index (χ4n) is 2.95. The van der Waals surface area contributed by atoms with Crippen LogP contribution in [0.4, 0.5) is 0 Å². The topological polar surface area (TPSA) is 68.0 Å². The Morgan fingerprint density at radius 2 is 2.18 bits per heavy atom. The summed E-state index contributed by atoms with van der Waals surface area (Å²) in [5.74, 6) is 1.63. The Morgan fingerprint density at radius 1 is 1.36 bits per heavy atom. The number of amides is 1. The Kier molecular flexibility index (Phi) is 4.51. The largest absolute Gasteiger partial charge is 0.349 e. The SMILES string of the molecule is Cc1cccc(-c2nc(CNC(=O)CC3CCCC3)no2)c1. The van der Waals surface area contributed by atoms with Gasteiger partial charge in [0.2, 0.25) is 5.91 Å². The highest BCUT2D eigenvalue weighted by molar-refractivity contribution is 5.76. The van der Waals surface area contributed by atoms with Crippen LogP contribution in [0.25, 0.3) is 11.5 Å². The van der Waals surface area contributed by atoms with Gasteiger partial charge >= 0.3 is 0 Å². The first kappa shape index (κ1) is 14.8. The van der Waals surface area contributed by atoms with E-state index in [9.17, 15) is 4.79 Å². The van der Waals surface area contributed by atoms with Crippen LogP contribution in [0, 0.1) is 12.8 Å². The summed E-state index contributed by atoms with van der Waals surface area (Å²) in [6, 6.07) is 7.90. The summed E-state index contributed by atoms with van der Waals surface area (Å²) in [5.41, 5.74) is 2.04. The number of hydrogen-bond donors (Lipinski definition) is 1. The zero-order chi connectivity index (χ0) is 15.4. The van der Waals surface area contributed by atoms with Crippen LogP contribution in [0.2, 0.25) is 0 Å². The average molecular weight is 299 g/mol. The maximum atomic E-state index is 11.9. The standard InChI is InChI=1S/C17H21N3O2/c1-12-5-4-8-14(9-12)17-19-15(20-22-17)11-18-16(21)10-13-6-2-3-7-13/h4-5,8-9,13H,2-3,6-7,10-11H2,1H3,(H,18,21). The second-order valence-corrected chi connectivity index (χ2v) is 6.02. The Morgan fingerprint density at radius 3 is 2.95 bits per heavy atom. The quantitative estimate of drug-likeness (QED) is 0.920. The minimum absolute atomic E-state index is 0.0776. The summed E-state index contributed by atoms with van der Waals surface area (Å²) in [5, 5.41) is 6.80. The molecule has 0 bridgehead atoms. The highest BCUT2D eigenvalue weighted by atomic mass is 16.5. The Balaban J connectivity index is 1.54. The first-order valence-corrected chi connectivity index (χ1v) is 7.87. The molecular weight excluding hydrogens is 278 g/mol. The smallest absolute Gasteiger partial charge is 0.257 e. The maximum Gasteiger partial charge on any atom is 0.257 e. The summed E-state index contributed by atoms with van der Waals surface area (Å²) >= 11 is 0. The van der Waals surface area contributed by atoms with Crippen molar-refractivity contribution in [3.8, 4) is 11.5 Å². The summed E-state index contributed by atoms with van der Waals surface area (Å²) in [7, 11) is 0. The van der Waals surface area contributed by atoms with Gasteiger partial charge < -0.3 is 9.84 Å². The normalized spacial score (nSPS) is 15.1. The van der Waals surface area contributed by atoms with Crippen LogP contribution in [0.5, 0.6) is 0 Å². The average Bonchev–Trinajstić information content (AvgIpc) is 3.16. The molecular formula is C17H21N3O2. The lowest BCUT2D eigenvalue weighted by atomic mass is 10.0. The fraction of sp³-hybridized carbons (Fsp3) is 0.471. The van der Waals surface area contributed by atoms with E-state index in [2.05, 4.69) is 15.5 Å². The van der Waals surface area contributed by atoms with Crippen molar-refractivity contribution in [1.82, 2.24) is 15.5 Å². The number of aromatic nitrogens is 2. The Labute approximate surface area is 130 Å². The van der Waals surface area contributed by atoms with Gasteiger partial charge in [0.1, 0.15) is 0 Å². The van der Waals surface area contributed by atoms with Gasteiger partial charge in [0.15, 0.2) is 5.82 Å². The van der Waals surface area contributed by atoms with Crippen molar-refractivity contribution in [3.05, 3.63) is 35.7 Å². The number of hydrogen-bond acceptors (Lipinski definition) is 4. The molecule has 22 heavy (non-hydrogen) atoms. The second kappa shape index (κ2) is 6.73. The van der Waals surface area contributed by atoms with E-state index in [0.717, 1.165) is 11.1 Å². The van der Waals surface area contributed by atoms with E-state index in [-0.39, 0.29) is 5.91 Å². The molecule has 0 saturated heterocycles. The minimum atomic E-state index is 0.0776. The van der Waals surface area contributed by atoms with Crippen LogP contribution in [0.1, 0.15) is 43.5 Å². The van der Waals surface area contributed by atoms with Gasteiger partial charge in [0.25, 0.3) is 5.89 Å². The molecule has 0 spiro atoms. The molecule has 1 N–H and O–H groups in total. The predicted octanol–water partition coefficient (Wildman–Crippen LogP) is 3.24. The molecule has 5 heteroatoms. The van der Waals surface area contributed by atoms with E-state index >= 15 is 0 Å². The predicted molar refractivity (Wildman–Crippen MR) is 82.9 cm³/mol. The molecule has 0 unspecified atom stereocenters. The van der Waals surface area contributed by atoms with Gasteiger partial charge in [-0.15, -0.1) is 0 Å². The van der Waals surface area contributed by atoms with Gasteiger partial charge in [-0.05, 0) is 37.8 Å². The van der Waals surface area contributed by atoms with Crippen molar-refractivity contribution < 1.29 is 9.32 Å². The number of benzene rings is 1. The highest BCUT2D eigenvalue weighted by Crippen LogP contribution is 2.27. The third kappa shape index (κ3) is 3.72. The lowest BCUT2D eigenvalue weighted by Gasteiger charge is -2.07. The number of nitrogens with one attached hydrogen (secondary N) is 1. The van der Waals surface area contributed by atoms with E-state index < -0.39 is 0 Å². The zero-order valence-electron chi connectivity index (χ0n) is 12.8. The van der Waals surface area contributed by atoms with Crippen molar-refractivity contribution in [3.63, 3.8) is 0 Å². The fourth-order valence-corrected chi connectivity index (χ4v) is 2.95. The Bertz CT molecular complexity index is 645. The van der Waals surface area contributed by atoms with Gasteiger partial charge in [-0.1, -0.05) is 35.7 Å². The van der Waals surface area contributed by atoms with Crippen molar-refractivity contribution in [2.75, 3.05) is 0 Å². The highest BCUT2D eigenvalue weighted by Gasteiger charge is 2.18. The number of rotatable bonds is 5. The molecule has 1 aliphatic carbocycles. The van der Waals surface area contributed by atoms with Crippen LogP contribution < -0.4 is 5.32 Å². The molecule has 1 amide bonds. The van der Waals surface area contributed by atoms with E-state index in [1.54, 1.807) is 0 Å². The molecule has 116 valence electrons. The van der Waals surface area contributed by atoms with E-state index in [1.165, 1.54) is 25.7 Å². The van der Waals surface area contributed by atoms with Crippen molar-refractivity contribution >= 4 is 5.91 Å². The molecule has 1 aromatic carbocycles.